The van der Waals surface area contributed by atoms with Crippen molar-refractivity contribution in [2.75, 3.05) is 21.3 Å². The third-order valence-corrected chi connectivity index (χ3v) is 6.42. The van der Waals surface area contributed by atoms with Gasteiger partial charge in [-0.05, 0) is 41.5 Å². The Morgan fingerprint density at radius 1 is 0.419 bits per heavy atom. The monoisotopic (exact) mass is 753 g/mol. The Morgan fingerprint density at radius 3 is 0.651 bits per heavy atom. The molecule has 0 heterocycles. The van der Waals surface area contributed by atoms with Crippen LogP contribution in [0.4, 0.5) is 0 Å². The van der Waals surface area contributed by atoms with Crippen LogP contribution in [0.25, 0.3) is 0 Å². The van der Waals surface area contributed by atoms with Crippen molar-refractivity contribution < 1.29 is 93.3 Å². The van der Waals surface area contributed by atoms with Crippen LogP contribution in [-0.4, -0.2) is 70.8 Å². The van der Waals surface area contributed by atoms with Gasteiger partial charge in [0, 0.05) is 105 Å². The van der Waals surface area contributed by atoms with Gasteiger partial charge in [-0.15, -0.1) is 0 Å². The standard InChI is InChI=1S/3C11H20O3.Eu/c3*1-10(2,3)8(12)7-9(13)11(4,5)14-6;/h3*7,12H,1-6H3;/b3*8-7-;. The largest absolute Gasteiger partial charge is 0.512 e. The van der Waals surface area contributed by atoms with Crippen molar-refractivity contribution in [3.63, 3.8) is 0 Å². The van der Waals surface area contributed by atoms with Gasteiger partial charge in [-0.1, -0.05) is 62.3 Å². The molecule has 0 aliphatic carbocycles. The molecule has 0 aromatic rings. The molecule has 3 N–H and O–H groups in total. The summed E-state index contributed by atoms with van der Waals surface area (Å²) in [5.41, 5.74) is -3.84. The van der Waals surface area contributed by atoms with Gasteiger partial charge in [0.25, 0.3) is 0 Å². The van der Waals surface area contributed by atoms with Crippen molar-refractivity contribution >= 4 is 17.3 Å². The van der Waals surface area contributed by atoms with Crippen LogP contribution >= 0.6 is 0 Å². The van der Waals surface area contributed by atoms with E-state index in [0.717, 1.165) is 0 Å². The SMILES string of the molecule is COC(C)(C)C(=O)/C=C(\O)C(C)(C)C.COC(C)(C)C(=O)/C=C(\O)C(C)(C)C.COC(C)(C)C(=O)/C=C(\O)C(C)(C)C.[Eu]. The van der Waals surface area contributed by atoms with Crippen molar-refractivity contribution in [1.29, 1.82) is 0 Å². The molecule has 0 saturated carbocycles. The van der Waals surface area contributed by atoms with E-state index in [-0.39, 0.29) is 84.0 Å². The van der Waals surface area contributed by atoms with Crippen LogP contribution in [0.15, 0.2) is 35.5 Å². The molecule has 0 amide bonds. The van der Waals surface area contributed by atoms with Crippen LogP contribution in [0, 0.1) is 65.6 Å². The Labute approximate surface area is 302 Å². The van der Waals surface area contributed by atoms with Crippen LogP contribution < -0.4 is 0 Å². The number of aliphatic hydroxyl groups is 3. The quantitative estimate of drug-likeness (QED) is 0.162. The van der Waals surface area contributed by atoms with E-state index in [2.05, 4.69) is 0 Å². The topological polar surface area (TPSA) is 140 Å². The van der Waals surface area contributed by atoms with Crippen molar-refractivity contribution in [2.24, 2.45) is 16.2 Å². The van der Waals surface area contributed by atoms with E-state index in [1.54, 1.807) is 41.5 Å². The van der Waals surface area contributed by atoms with Gasteiger partial charge in [0.15, 0.2) is 17.3 Å². The minimum Gasteiger partial charge on any atom is -0.512 e. The zero-order valence-corrected chi connectivity index (χ0v) is 32.3. The molecule has 0 rings (SSSR count). The molecule has 0 unspecified atom stereocenters. The smallest absolute Gasteiger partial charge is 0.190 e. The average Bonchev–Trinajstić information content (AvgIpc) is 2.82. The number of aliphatic hydroxyl groups excluding tert-OH is 3. The van der Waals surface area contributed by atoms with Gasteiger partial charge in [-0.25, -0.2) is 0 Å². The summed E-state index contributed by atoms with van der Waals surface area (Å²) in [7, 11) is 4.42. The molecule has 1 radical (unpaired) electrons. The van der Waals surface area contributed by atoms with Gasteiger partial charge in [0.05, 0.1) is 0 Å². The second-order valence-electron chi connectivity index (χ2n) is 14.6. The first-order valence-electron chi connectivity index (χ1n) is 13.9. The number of ether oxygens (including phenoxy) is 3. The van der Waals surface area contributed by atoms with Gasteiger partial charge in [-0.3, -0.25) is 14.4 Å². The fraction of sp³-hybridized carbons (Fsp3) is 0.727. The summed E-state index contributed by atoms with van der Waals surface area (Å²) >= 11 is 0. The second kappa shape index (κ2) is 18.9. The average molecular weight is 753 g/mol. The number of methoxy groups -OCH3 is 3. The molecule has 0 aliphatic heterocycles. The summed E-state index contributed by atoms with van der Waals surface area (Å²) < 4.78 is 15.0. The molecule has 0 atom stereocenters. The Hall–Kier alpha value is -0.906. The van der Waals surface area contributed by atoms with Crippen molar-refractivity contribution in [3.05, 3.63) is 35.5 Å². The maximum Gasteiger partial charge on any atom is 0.190 e. The molecule has 10 heteroatoms. The van der Waals surface area contributed by atoms with Gasteiger partial charge < -0.3 is 29.5 Å². The number of allylic oxidation sites excluding steroid dienone is 3. The summed E-state index contributed by atoms with van der Waals surface area (Å²) in [4.78, 5) is 34.8. The first-order chi connectivity index (χ1) is 18.3. The van der Waals surface area contributed by atoms with E-state index in [4.69, 9.17) is 14.2 Å². The van der Waals surface area contributed by atoms with Crippen LogP contribution in [0.1, 0.15) is 104 Å². The Kier molecular flexibility index (Phi) is 21.6. The Bertz CT molecular complexity index is 866. The van der Waals surface area contributed by atoms with Crippen molar-refractivity contribution in [3.8, 4) is 0 Å². The normalized spacial score (nSPS) is 14.0. The molecule has 43 heavy (non-hydrogen) atoms. The molecule has 0 spiro atoms. The molecular formula is C33H60EuO9. The number of rotatable bonds is 9. The van der Waals surface area contributed by atoms with Gasteiger partial charge in [-0.2, -0.15) is 0 Å². The minimum atomic E-state index is -0.876. The fourth-order valence-electron chi connectivity index (χ4n) is 1.85. The predicted octanol–water partition coefficient (Wildman–Crippen LogP) is 7.41. The van der Waals surface area contributed by atoms with Crippen LogP contribution in [-0.2, 0) is 28.6 Å². The van der Waals surface area contributed by atoms with Crippen molar-refractivity contribution in [1.82, 2.24) is 0 Å². The third-order valence-electron chi connectivity index (χ3n) is 6.42. The molecule has 0 aromatic carbocycles. The fourth-order valence-corrected chi connectivity index (χ4v) is 1.85. The molecule has 0 fully saturated rings. The summed E-state index contributed by atoms with van der Waals surface area (Å²) in [5.74, 6) is -0.458. The molecule has 0 bridgehead atoms. The van der Waals surface area contributed by atoms with Crippen LogP contribution in [0.2, 0.25) is 0 Å². The van der Waals surface area contributed by atoms with E-state index in [9.17, 15) is 29.7 Å². The minimum absolute atomic E-state index is 0. The van der Waals surface area contributed by atoms with Gasteiger partial charge in [0.2, 0.25) is 0 Å². The summed E-state index contributed by atoms with van der Waals surface area (Å²) in [6.45, 7) is 26.6. The van der Waals surface area contributed by atoms with Crippen LogP contribution in [0.3, 0.4) is 0 Å². The van der Waals surface area contributed by atoms with Crippen LogP contribution in [0.5, 0.6) is 0 Å². The van der Waals surface area contributed by atoms with E-state index in [0.29, 0.717) is 0 Å². The number of ketones is 3. The molecule has 9 nitrogen and oxygen atoms in total. The second-order valence-corrected chi connectivity index (χ2v) is 14.6. The van der Waals surface area contributed by atoms with E-state index in [1.807, 2.05) is 62.3 Å². The molecule has 0 aliphatic rings. The summed E-state index contributed by atoms with van der Waals surface area (Å²) in [6, 6.07) is 0. The van der Waals surface area contributed by atoms with Crippen molar-refractivity contribution in [2.45, 2.75) is 121 Å². The Balaban J connectivity index is -0.000000262. The maximum atomic E-state index is 11.6. The third kappa shape index (κ3) is 20.0. The maximum absolute atomic E-state index is 11.6. The first-order valence-corrected chi connectivity index (χ1v) is 13.9. The number of hydrogen-bond acceptors (Lipinski definition) is 9. The molecule has 253 valence electrons. The Morgan fingerprint density at radius 2 is 0.558 bits per heavy atom. The first kappa shape index (κ1) is 49.0. The summed E-state index contributed by atoms with van der Waals surface area (Å²) in [6.07, 6.45) is 3.72. The van der Waals surface area contributed by atoms with Gasteiger partial charge in [0.1, 0.15) is 34.1 Å². The molecule has 0 saturated heterocycles. The number of carbonyl (C=O) groups excluding carboxylic acids is 3. The zero-order chi connectivity index (χ0) is 34.7. The van der Waals surface area contributed by atoms with E-state index >= 15 is 0 Å². The predicted molar refractivity (Wildman–Crippen MR) is 169 cm³/mol. The van der Waals surface area contributed by atoms with E-state index < -0.39 is 33.0 Å². The van der Waals surface area contributed by atoms with Gasteiger partial charge >= 0.3 is 0 Å². The molecule has 0 aromatic heterocycles. The zero-order valence-electron chi connectivity index (χ0n) is 29.9. The van der Waals surface area contributed by atoms with E-state index in [1.165, 1.54) is 39.6 Å². The molecular weight excluding hydrogens is 692 g/mol. The number of hydrogen-bond donors (Lipinski definition) is 3. The number of carbonyl (C=O) groups is 3. The summed E-state index contributed by atoms with van der Waals surface area (Å²) in [5, 5.41) is 28.8.